The Morgan fingerprint density at radius 3 is 2.72 bits per heavy atom. The molecule has 3 rings (SSSR count). The van der Waals surface area contributed by atoms with Crippen molar-refractivity contribution in [3.05, 3.63) is 70.4 Å². The van der Waals surface area contributed by atoms with E-state index >= 15 is 0 Å². The minimum atomic E-state index is -0.222. The molecule has 0 aliphatic heterocycles. The Morgan fingerprint density at radius 1 is 1.24 bits per heavy atom. The van der Waals surface area contributed by atoms with Gasteiger partial charge in [0.25, 0.3) is 5.91 Å². The minimum Gasteiger partial charge on any atom is -0.335 e. The lowest BCUT2D eigenvalue weighted by molar-refractivity contribution is 0.0742. The third-order valence-electron chi connectivity index (χ3n) is 3.96. The van der Waals surface area contributed by atoms with Crippen LogP contribution in [0.3, 0.4) is 0 Å². The summed E-state index contributed by atoms with van der Waals surface area (Å²) in [6.07, 6.45) is 4.50. The molecule has 0 fully saturated rings. The average molecular weight is 376 g/mol. The Morgan fingerprint density at radius 2 is 2.04 bits per heavy atom. The van der Waals surface area contributed by atoms with Gasteiger partial charge in [-0.1, -0.05) is 29.3 Å². The van der Waals surface area contributed by atoms with Crippen LogP contribution in [0.4, 0.5) is 0 Å². The Kier molecular flexibility index (Phi) is 5.01. The number of pyridine rings is 1. The number of carbonyl (C=O) groups excluding carboxylic acids is 1. The van der Waals surface area contributed by atoms with Gasteiger partial charge >= 0.3 is 0 Å². The molecule has 1 atom stereocenters. The van der Waals surface area contributed by atoms with Gasteiger partial charge in [-0.3, -0.25) is 4.79 Å². The van der Waals surface area contributed by atoms with E-state index in [9.17, 15) is 4.79 Å². The van der Waals surface area contributed by atoms with E-state index in [1.165, 1.54) is 17.3 Å². The number of nitrogens with zero attached hydrogens (tertiary/aromatic N) is 5. The smallest absolute Gasteiger partial charge is 0.254 e. The van der Waals surface area contributed by atoms with Crippen LogP contribution in [0, 0.1) is 0 Å². The molecule has 3 aromatic rings. The van der Waals surface area contributed by atoms with Gasteiger partial charge in [0.2, 0.25) is 0 Å². The van der Waals surface area contributed by atoms with Crippen LogP contribution in [0.15, 0.2) is 49.2 Å². The molecule has 0 bridgehead atoms. The van der Waals surface area contributed by atoms with E-state index in [1.54, 1.807) is 42.4 Å². The van der Waals surface area contributed by atoms with E-state index in [0.717, 1.165) is 5.56 Å². The highest BCUT2D eigenvalue weighted by Gasteiger charge is 2.21. The van der Waals surface area contributed by atoms with Gasteiger partial charge in [-0.25, -0.2) is 14.6 Å². The highest BCUT2D eigenvalue weighted by atomic mass is 35.5. The lowest BCUT2D eigenvalue weighted by Crippen LogP contribution is -2.30. The molecule has 2 aromatic heterocycles. The summed E-state index contributed by atoms with van der Waals surface area (Å²) in [5.41, 5.74) is 1.33. The van der Waals surface area contributed by atoms with Crippen molar-refractivity contribution in [1.82, 2.24) is 24.6 Å². The van der Waals surface area contributed by atoms with Crippen molar-refractivity contribution in [3.8, 4) is 5.82 Å². The molecule has 8 heteroatoms. The fraction of sp³-hybridized carbons (Fsp3) is 0.176. The SMILES string of the molecule is C[C@@H](c1ccc(Cl)cc1Cl)N(C)C(=O)c1ccnc(-n2cncn2)c1. The highest BCUT2D eigenvalue weighted by molar-refractivity contribution is 6.35. The average Bonchev–Trinajstić information content (AvgIpc) is 3.15. The predicted octanol–water partition coefficient (Wildman–Crippen LogP) is 3.80. The summed E-state index contributed by atoms with van der Waals surface area (Å²) in [5, 5.41) is 5.11. The Bertz CT molecular complexity index is 898. The van der Waals surface area contributed by atoms with Gasteiger partial charge in [0.1, 0.15) is 12.7 Å². The van der Waals surface area contributed by atoms with Crippen molar-refractivity contribution >= 4 is 29.1 Å². The summed E-state index contributed by atoms with van der Waals surface area (Å²) in [6.45, 7) is 1.91. The van der Waals surface area contributed by atoms with Crippen LogP contribution in [0.1, 0.15) is 28.9 Å². The third-order valence-corrected chi connectivity index (χ3v) is 4.52. The highest BCUT2D eigenvalue weighted by Crippen LogP contribution is 2.29. The first-order valence-corrected chi connectivity index (χ1v) is 8.26. The van der Waals surface area contributed by atoms with Gasteiger partial charge < -0.3 is 4.90 Å². The summed E-state index contributed by atoms with van der Waals surface area (Å²) in [4.78, 5) is 22.6. The molecule has 1 aromatic carbocycles. The Balaban J connectivity index is 1.86. The minimum absolute atomic E-state index is 0.151. The number of halogens is 2. The van der Waals surface area contributed by atoms with Gasteiger partial charge in [-0.2, -0.15) is 5.10 Å². The van der Waals surface area contributed by atoms with Crippen molar-refractivity contribution in [2.24, 2.45) is 0 Å². The molecule has 6 nitrogen and oxygen atoms in total. The first-order valence-electron chi connectivity index (χ1n) is 7.50. The lowest BCUT2D eigenvalue weighted by Gasteiger charge is -2.26. The Labute approximate surface area is 155 Å². The first-order chi connectivity index (χ1) is 12.0. The summed E-state index contributed by atoms with van der Waals surface area (Å²) in [6, 6.07) is 8.36. The molecule has 0 spiro atoms. The van der Waals surface area contributed by atoms with Gasteiger partial charge in [-0.05, 0) is 36.8 Å². The first kappa shape index (κ1) is 17.4. The maximum absolute atomic E-state index is 12.8. The lowest BCUT2D eigenvalue weighted by atomic mass is 10.1. The maximum Gasteiger partial charge on any atom is 0.254 e. The Hall–Kier alpha value is -2.44. The van der Waals surface area contributed by atoms with Gasteiger partial charge in [-0.15, -0.1) is 0 Å². The number of aromatic nitrogens is 4. The summed E-state index contributed by atoms with van der Waals surface area (Å²) in [5.74, 6) is 0.371. The number of rotatable bonds is 4. The molecular formula is C17H15Cl2N5O. The van der Waals surface area contributed by atoms with Crippen LogP contribution >= 0.6 is 23.2 Å². The standard InChI is InChI=1S/C17H15Cl2N5O/c1-11(14-4-3-13(18)8-15(14)19)23(2)17(25)12-5-6-21-16(7-12)24-10-20-9-22-24/h3-11H,1-2H3/t11-/m0/s1. The largest absolute Gasteiger partial charge is 0.335 e. The van der Waals surface area contributed by atoms with Gasteiger partial charge in [0.15, 0.2) is 5.82 Å². The van der Waals surface area contributed by atoms with Crippen molar-refractivity contribution in [2.75, 3.05) is 7.05 Å². The van der Waals surface area contributed by atoms with E-state index < -0.39 is 0 Å². The topological polar surface area (TPSA) is 63.9 Å². The van der Waals surface area contributed by atoms with E-state index in [4.69, 9.17) is 23.2 Å². The van der Waals surface area contributed by atoms with Crippen molar-refractivity contribution < 1.29 is 4.79 Å². The van der Waals surface area contributed by atoms with Crippen LogP contribution in [-0.2, 0) is 0 Å². The summed E-state index contributed by atoms with van der Waals surface area (Å²) < 4.78 is 1.50. The van der Waals surface area contributed by atoms with Crippen LogP contribution in [0.5, 0.6) is 0 Å². The normalized spacial score (nSPS) is 12.0. The fourth-order valence-electron chi connectivity index (χ4n) is 2.43. The molecule has 128 valence electrons. The van der Waals surface area contributed by atoms with E-state index in [0.29, 0.717) is 21.4 Å². The second-order valence-electron chi connectivity index (χ2n) is 5.50. The molecule has 0 saturated carbocycles. The molecule has 2 heterocycles. The molecular weight excluding hydrogens is 361 g/mol. The number of benzene rings is 1. The van der Waals surface area contributed by atoms with Crippen LogP contribution in [0.2, 0.25) is 10.0 Å². The summed E-state index contributed by atoms with van der Waals surface area (Å²) >= 11 is 12.2. The van der Waals surface area contributed by atoms with Crippen molar-refractivity contribution in [1.29, 1.82) is 0 Å². The molecule has 0 unspecified atom stereocenters. The molecule has 25 heavy (non-hydrogen) atoms. The van der Waals surface area contributed by atoms with Gasteiger partial charge in [0.05, 0.1) is 6.04 Å². The molecule has 1 amide bonds. The zero-order valence-electron chi connectivity index (χ0n) is 13.6. The fourth-order valence-corrected chi connectivity index (χ4v) is 3.00. The van der Waals surface area contributed by atoms with E-state index in [-0.39, 0.29) is 11.9 Å². The summed E-state index contributed by atoms with van der Waals surface area (Å²) in [7, 11) is 1.73. The monoisotopic (exact) mass is 375 g/mol. The quantitative estimate of drug-likeness (QED) is 0.695. The zero-order chi connectivity index (χ0) is 18.0. The van der Waals surface area contributed by atoms with Crippen molar-refractivity contribution in [3.63, 3.8) is 0 Å². The molecule has 0 N–H and O–H groups in total. The van der Waals surface area contributed by atoms with E-state index in [1.807, 2.05) is 13.0 Å². The molecule has 0 aliphatic carbocycles. The number of hydrogen-bond acceptors (Lipinski definition) is 4. The second kappa shape index (κ2) is 7.21. The molecule has 0 radical (unpaired) electrons. The van der Waals surface area contributed by atoms with Crippen LogP contribution in [-0.4, -0.2) is 37.6 Å². The third kappa shape index (κ3) is 3.65. The number of hydrogen-bond donors (Lipinski definition) is 0. The van der Waals surface area contributed by atoms with E-state index in [2.05, 4.69) is 15.1 Å². The molecule has 0 aliphatic rings. The second-order valence-corrected chi connectivity index (χ2v) is 6.34. The maximum atomic E-state index is 12.8. The number of carbonyl (C=O) groups is 1. The van der Waals surface area contributed by atoms with Crippen LogP contribution in [0.25, 0.3) is 5.82 Å². The zero-order valence-corrected chi connectivity index (χ0v) is 15.1. The predicted molar refractivity (Wildman–Crippen MR) is 96.1 cm³/mol. The molecule has 0 saturated heterocycles. The van der Waals surface area contributed by atoms with Gasteiger partial charge in [0, 0.05) is 28.9 Å². The number of amides is 1. The van der Waals surface area contributed by atoms with Crippen LogP contribution < -0.4 is 0 Å². The van der Waals surface area contributed by atoms with Crippen molar-refractivity contribution in [2.45, 2.75) is 13.0 Å².